The Balaban J connectivity index is 1.99. The molecule has 0 aromatic rings. The van der Waals surface area contributed by atoms with Gasteiger partial charge in [-0.1, -0.05) is 0 Å². The van der Waals surface area contributed by atoms with Crippen molar-refractivity contribution in [2.75, 3.05) is 44.4 Å². The van der Waals surface area contributed by atoms with Crippen molar-refractivity contribution in [3.63, 3.8) is 0 Å². The van der Waals surface area contributed by atoms with Crippen LogP contribution in [0.2, 0.25) is 0 Å². The monoisotopic (exact) mass is 318 g/mol. The Labute approximate surface area is 128 Å². The van der Waals surface area contributed by atoms with Gasteiger partial charge in [0.2, 0.25) is 11.8 Å². The molecule has 1 aliphatic heterocycles. The van der Waals surface area contributed by atoms with E-state index in [0.717, 1.165) is 0 Å². The third-order valence-corrected chi connectivity index (χ3v) is 3.88. The number of morpholine rings is 1. The molecule has 0 aromatic heterocycles. The molecule has 21 heavy (non-hydrogen) atoms. The fourth-order valence-corrected chi connectivity index (χ4v) is 2.56. The lowest BCUT2D eigenvalue weighted by atomic mass is 10.2. The summed E-state index contributed by atoms with van der Waals surface area (Å²) in [4.78, 5) is 35.4. The number of rotatable bonds is 9. The zero-order chi connectivity index (χ0) is 15.5. The molecule has 2 amide bonds. The van der Waals surface area contributed by atoms with Crippen LogP contribution in [0.25, 0.3) is 0 Å². The molecule has 120 valence electrons. The zero-order valence-corrected chi connectivity index (χ0v) is 12.8. The number of carboxylic acids is 1. The molecule has 1 saturated heterocycles. The van der Waals surface area contributed by atoms with Crippen molar-refractivity contribution < 1.29 is 24.2 Å². The highest BCUT2D eigenvalue weighted by atomic mass is 32.2. The number of ether oxygens (including phenoxy) is 1. The number of aliphatic carboxylic acids is 1. The Morgan fingerprint density at radius 2 is 1.86 bits per heavy atom. The van der Waals surface area contributed by atoms with Gasteiger partial charge in [-0.25, -0.2) is 0 Å². The van der Waals surface area contributed by atoms with Crippen LogP contribution in [-0.4, -0.2) is 72.1 Å². The Hall–Kier alpha value is -1.28. The number of hydrogen-bond donors (Lipinski definition) is 2. The molecule has 1 rings (SSSR count). The molecular formula is C13H22N2O5S. The third kappa shape index (κ3) is 8.56. The topological polar surface area (TPSA) is 95.9 Å². The molecule has 0 aliphatic carbocycles. The molecule has 0 unspecified atom stereocenters. The highest BCUT2D eigenvalue weighted by molar-refractivity contribution is 8.00. The SMILES string of the molecule is O=C(O)CCCCNC(=O)CSCC(=O)N1CCOCC1. The van der Waals surface area contributed by atoms with Crippen molar-refractivity contribution in [1.82, 2.24) is 10.2 Å². The second-order valence-electron chi connectivity index (χ2n) is 4.69. The van der Waals surface area contributed by atoms with Gasteiger partial charge in [0.25, 0.3) is 0 Å². The number of carbonyl (C=O) groups is 3. The van der Waals surface area contributed by atoms with Crippen molar-refractivity contribution in [3.05, 3.63) is 0 Å². The Bertz CT molecular complexity index is 358. The highest BCUT2D eigenvalue weighted by Crippen LogP contribution is 2.05. The van der Waals surface area contributed by atoms with Crippen LogP contribution in [0.5, 0.6) is 0 Å². The van der Waals surface area contributed by atoms with Crippen LogP contribution >= 0.6 is 11.8 Å². The predicted molar refractivity (Wildman–Crippen MR) is 79.2 cm³/mol. The summed E-state index contributed by atoms with van der Waals surface area (Å²) in [6, 6.07) is 0. The number of amides is 2. The van der Waals surface area contributed by atoms with Crippen molar-refractivity contribution in [1.29, 1.82) is 0 Å². The number of nitrogens with zero attached hydrogens (tertiary/aromatic N) is 1. The summed E-state index contributed by atoms with van der Waals surface area (Å²) in [5, 5.41) is 11.2. The van der Waals surface area contributed by atoms with Gasteiger partial charge in [0, 0.05) is 26.1 Å². The maximum Gasteiger partial charge on any atom is 0.303 e. The van der Waals surface area contributed by atoms with E-state index in [1.165, 1.54) is 11.8 Å². The van der Waals surface area contributed by atoms with E-state index in [2.05, 4.69) is 5.32 Å². The maximum atomic E-state index is 11.8. The van der Waals surface area contributed by atoms with Gasteiger partial charge in [-0.05, 0) is 12.8 Å². The zero-order valence-electron chi connectivity index (χ0n) is 12.0. The van der Waals surface area contributed by atoms with Crippen molar-refractivity contribution in [2.45, 2.75) is 19.3 Å². The van der Waals surface area contributed by atoms with E-state index in [-0.39, 0.29) is 24.0 Å². The van der Waals surface area contributed by atoms with Crippen molar-refractivity contribution >= 4 is 29.5 Å². The Kier molecular flexibility index (Phi) is 8.84. The highest BCUT2D eigenvalue weighted by Gasteiger charge is 2.16. The van der Waals surface area contributed by atoms with Gasteiger partial charge in [0.05, 0.1) is 24.7 Å². The molecule has 0 aromatic carbocycles. The average Bonchev–Trinajstić information content (AvgIpc) is 2.47. The molecule has 1 heterocycles. The van der Waals surface area contributed by atoms with Crippen molar-refractivity contribution in [3.8, 4) is 0 Å². The number of unbranched alkanes of at least 4 members (excludes halogenated alkanes) is 1. The van der Waals surface area contributed by atoms with Gasteiger partial charge in [-0.3, -0.25) is 14.4 Å². The lowest BCUT2D eigenvalue weighted by Gasteiger charge is -2.26. The predicted octanol–water partition coefficient (Wildman–Crippen LogP) is -0.0505. The molecule has 0 atom stereocenters. The first-order valence-corrected chi connectivity index (χ1v) is 8.17. The molecule has 2 N–H and O–H groups in total. The molecule has 7 nitrogen and oxygen atoms in total. The summed E-state index contributed by atoms with van der Waals surface area (Å²) >= 11 is 1.29. The summed E-state index contributed by atoms with van der Waals surface area (Å²) in [6.07, 6.45) is 1.33. The van der Waals surface area contributed by atoms with E-state index in [1.807, 2.05) is 0 Å². The van der Waals surface area contributed by atoms with Gasteiger partial charge in [0.1, 0.15) is 0 Å². The first-order chi connectivity index (χ1) is 10.1. The van der Waals surface area contributed by atoms with E-state index in [9.17, 15) is 14.4 Å². The third-order valence-electron chi connectivity index (χ3n) is 2.96. The lowest BCUT2D eigenvalue weighted by Crippen LogP contribution is -2.41. The van der Waals surface area contributed by atoms with Gasteiger partial charge >= 0.3 is 5.97 Å². The number of hydrogen-bond acceptors (Lipinski definition) is 5. The van der Waals surface area contributed by atoms with Crippen LogP contribution < -0.4 is 5.32 Å². The number of thioether (sulfide) groups is 1. The van der Waals surface area contributed by atoms with Crippen LogP contribution in [0.4, 0.5) is 0 Å². The van der Waals surface area contributed by atoms with Crippen molar-refractivity contribution in [2.24, 2.45) is 0 Å². The number of nitrogens with one attached hydrogen (secondary N) is 1. The maximum absolute atomic E-state index is 11.8. The molecule has 0 spiro atoms. The molecule has 0 saturated carbocycles. The van der Waals surface area contributed by atoms with E-state index >= 15 is 0 Å². The van der Waals surface area contributed by atoms with Gasteiger partial charge in [-0.15, -0.1) is 11.8 Å². The number of carboxylic acid groups (broad SMARTS) is 1. The second-order valence-corrected chi connectivity index (χ2v) is 5.67. The lowest BCUT2D eigenvalue weighted by molar-refractivity contribution is -0.137. The summed E-state index contributed by atoms with van der Waals surface area (Å²) < 4.78 is 5.17. The quantitative estimate of drug-likeness (QED) is 0.579. The van der Waals surface area contributed by atoms with Gasteiger partial charge < -0.3 is 20.1 Å². The molecule has 1 fully saturated rings. The van der Waals surface area contributed by atoms with E-state index in [4.69, 9.17) is 9.84 Å². The summed E-state index contributed by atoms with van der Waals surface area (Å²) in [5.41, 5.74) is 0. The van der Waals surface area contributed by atoms with Crippen LogP contribution in [0.1, 0.15) is 19.3 Å². The first-order valence-electron chi connectivity index (χ1n) is 7.01. The largest absolute Gasteiger partial charge is 0.481 e. The Morgan fingerprint density at radius 1 is 1.14 bits per heavy atom. The normalized spacial score (nSPS) is 14.8. The fourth-order valence-electron chi connectivity index (χ4n) is 1.82. The molecule has 1 aliphatic rings. The minimum absolute atomic E-state index is 0.0394. The van der Waals surface area contributed by atoms with E-state index in [1.54, 1.807) is 4.90 Å². The molecule has 8 heteroatoms. The number of carbonyl (C=O) groups excluding carboxylic acids is 2. The summed E-state index contributed by atoms with van der Waals surface area (Å²) in [7, 11) is 0. The van der Waals surface area contributed by atoms with Crippen LogP contribution in [0.3, 0.4) is 0 Å². The molecular weight excluding hydrogens is 296 g/mol. The molecule has 0 bridgehead atoms. The second kappa shape index (κ2) is 10.4. The summed E-state index contributed by atoms with van der Waals surface area (Å²) in [5.74, 6) is -0.359. The minimum atomic E-state index is -0.821. The fraction of sp³-hybridized carbons (Fsp3) is 0.769. The van der Waals surface area contributed by atoms with Crippen LogP contribution in [0.15, 0.2) is 0 Å². The van der Waals surface area contributed by atoms with Crippen LogP contribution in [0, 0.1) is 0 Å². The van der Waals surface area contributed by atoms with Gasteiger partial charge in [-0.2, -0.15) is 0 Å². The Morgan fingerprint density at radius 3 is 2.52 bits per heavy atom. The van der Waals surface area contributed by atoms with E-state index < -0.39 is 5.97 Å². The van der Waals surface area contributed by atoms with Gasteiger partial charge in [0.15, 0.2) is 0 Å². The average molecular weight is 318 g/mol. The first kappa shape index (κ1) is 17.8. The molecule has 0 radical (unpaired) electrons. The van der Waals surface area contributed by atoms with E-state index in [0.29, 0.717) is 51.4 Å². The smallest absolute Gasteiger partial charge is 0.303 e. The minimum Gasteiger partial charge on any atom is -0.481 e. The summed E-state index contributed by atoms with van der Waals surface area (Å²) in [6.45, 7) is 2.87. The van der Waals surface area contributed by atoms with Crippen LogP contribution in [-0.2, 0) is 19.1 Å². The standard InChI is InChI=1S/C13H22N2O5S/c16-11(14-4-2-1-3-13(18)19)9-21-10-12(17)15-5-7-20-8-6-15/h1-10H2,(H,14,16)(H,18,19).